The van der Waals surface area contributed by atoms with Crippen LogP contribution in [0.4, 0.5) is 13.2 Å². The Bertz CT molecular complexity index is 551. The molecule has 122 valence electrons. The maximum absolute atomic E-state index is 12.7. The van der Waals surface area contributed by atoms with E-state index >= 15 is 0 Å². The van der Waals surface area contributed by atoms with Crippen LogP contribution in [0.5, 0.6) is 11.5 Å². The van der Waals surface area contributed by atoms with Crippen molar-refractivity contribution in [2.45, 2.75) is 39.0 Å². The largest absolute Gasteiger partial charge is 0.492 e. The molecule has 2 nitrogen and oxygen atoms in total. The summed E-state index contributed by atoms with van der Waals surface area (Å²) < 4.78 is 48.8. The summed E-state index contributed by atoms with van der Waals surface area (Å²) >= 11 is 6.12. The Morgan fingerprint density at radius 2 is 1.95 bits per heavy atom. The third kappa shape index (κ3) is 3.88. The first-order chi connectivity index (χ1) is 10.3. The van der Waals surface area contributed by atoms with Crippen molar-refractivity contribution in [1.29, 1.82) is 0 Å². The van der Waals surface area contributed by atoms with Crippen LogP contribution in [-0.2, 0) is 0 Å². The summed E-state index contributed by atoms with van der Waals surface area (Å²) in [5.74, 6) is 0.869. The van der Waals surface area contributed by atoms with E-state index < -0.39 is 12.3 Å². The molecular weight excluding hydrogens is 317 g/mol. The fourth-order valence-corrected chi connectivity index (χ4v) is 2.39. The second-order valence-corrected chi connectivity index (χ2v) is 5.66. The van der Waals surface area contributed by atoms with Crippen LogP contribution in [0, 0.1) is 5.92 Å². The number of benzene rings is 1. The fourth-order valence-electron chi connectivity index (χ4n) is 2.17. The van der Waals surface area contributed by atoms with Gasteiger partial charge in [-0.2, -0.15) is 13.2 Å². The summed E-state index contributed by atoms with van der Waals surface area (Å²) in [6.45, 7) is 4.60. The molecule has 0 amide bonds. The van der Waals surface area contributed by atoms with Gasteiger partial charge in [-0.25, -0.2) is 0 Å². The molecule has 1 aromatic carbocycles. The second kappa shape index (κ2) is 6.82. The molecule has 1 aliphatic heterocycles. The van der Waals surface area contributed by atoms with Crippen molar-refractivity contribution in [3.05, 3.63) is 28.8 Å². The van der Waals surface area contributed by atoms with Crippen LogP contribution in [0.3, 0.4) is 0 Å². The molecule has 1 heterocycles. The van der Waals surface area contributed by atoms with Gasteiger partial charge in [-0.3, -0.25) is 0 Å². The van der Waals surface area contributed by atoms with Crippen molar-refractivity contribution >= 4 is 17.7 Å². The zero-order valence-corrected chi connectivity index (χ0v) is 13.2. The lowest BCUT2D eigenvalue weighted by molar-refractivity contribution is -0.180. The zero-order valence-electron chi connectivity index (χ0n) is 12.4. The number of halogens is 4. The molecule has 0 aliphatic carbocycles. The average molecular weight is 335 g/mol. The van der Waals surface area contributed by atoms with Crippen LogP contribution in [-0.4, -0.2) is 18.9 Å². The second-order valence-electron chi connectivity index (χ2n) is 5.25. The van der Waals surface area contributed by atoms with Crippen molar-refractivity contribution in [2.24, 2.45) is 5.92 Å². The van der Waals surface area contributed by atoms with E-state index in [9.17, 15) is 13.2 Å². The van der Waals surface area contributed by atoms with Gasteiger partial charge in [0, 0.05) is 11.6 Å². The average Bonchev–Trinajstić information content (AvgIpc) is 2.47. The normalized spacial score (nSPS) is 17.3. The van der Waals surface area contributed by atoms with Crippen LogP contribution in [0.2, 0.25) is 5.02 Å². The first-order valence-corrected chi connectivity index (χ1v) is 7.60. The number of alkyl halides is 3. The Kier molecular flexibility index (Phi) is 5.27. The molecule has 0 radical (unpaired) electrons. The minimum absolute atomic E-state index is 0.133. The summed E-state index contributed by atoms with van der Waals surface area (Å²) in [4.78, 5) is 0. The summed E-state index contributed by atoms with van der Waals surface area (Å²) in [6, 6.07) is 2.99. The number of hydrogen-bond donors (Lipinski definition) is 0. The Morgan fingerprint density at radius 3 is 2.55 bits per heavy atom. The third-order valence-corrected chi connectivity index (χ3v) is 4.02. The monoisotopic (exact) mass is 334 g/mol. The number of hydrogen-bond acceptors (Lipinski definition) is 2. The predicted molar refractivity (Wildman–Crippen MR) is 80.5 cm³/mol. The van der Waals surface area contributed by atoms with E-state index in [1.165, 1.54) is 12.1 Å². The Labute approximate surface area is 132 Å². The first kappa shape index (κ1) is 17.0. The highest BCUT2D eigenvalue weighted by Gasteiger charge is 2.41. The Balaban J connectivity index is 2.18. The summed E-state index contributed by atoms with van der Waals surface area (Å²) in [5.41, 5.74) is 0.514. The highest BCUT2D eigenvalue weighted by molar-refractivity contribution is 6.32. The lowest BCUT2D eigenvalue weighted by atomic mass is 10.1. The van der Waals surface area contributed by atoms with Gasteiger partial charge in [0.2, 0.25) is 6.10 Å². The van der Waals surface area contributed by atoms with Gasteiger partial charge < -0.3 is 9.47 Å². The maximum atomic E-state index is 12.7. The minimum Gasteiger partial charge on any atom is -0.492 e. The van der Waals surface area contributed by atoms with Gasteiger partial charge in [0.25, 0.3) is 0 Å². The highest BCUT2D eigenvalue weighted by atomic mass is 35.5. The van der Waals surface area contributed by atoms with Gasteiger partial charge in [0.05, 0.1) is 11.6 Å². The molecule has 22 heavy (non-hydrogen) atoms. The third-order valence-electron chi connectivity index (χ3n) is 3.72. The van der Waals surface area contributed by atoms with E-state index in [1.807, 2.05) is 0 Å². The molecule has 1 unspecified atom stereocenters. The molecule has 1 aliphatic rings. The van der Waals surface area contributed by atoms with Crippen molar-refractivity contribution in [3.8, 4) is 11.5 Å². The first-order valence-electron chi connectivity index (χ1n) is 7.23. The smallest absolute Gasteiger partial charge is 0.429 e. The molecular formula is C16H18ClF3O2. The van der Waals surface area contributed by atoms with Crippen molar-refractivity contribution in [1.82, 2.24) is 0 Å². The number of fused-ring (bicyclic) bond motifs is 1. The Morgan fingerprint density at radius 1 is 1.27 bits per heavy atom. The predicted octanol–water partition coefficient (Wildman–Crippen LogP) is 5.49. The molecule has 0 N–H and O–H groups in total. The molecule has 0 fully saturated rings. The van der Waals surface area contributed by atoms with E-state index in [1.54, 1.807) is 6.07 Å². The van der Waals surface area contributed by atoms with E-state index in [4.69, 9.17) is 21.1 Å². The standard InChI is InChI=1S/C16H18ClF3O2/c1-3-10(4-2)9-21-14-8-13-11(7-12(14)17)5-6-15(22-13)16(18,19)20/h5-8,10,15H,3-4,9H2,1-2H3. The van der Waals surface area contributed by atoms with Gasteiger partial charge in [-0.1, -0.05) is 44.4 Å². The van der Waals surface area contributed by atoms with Crippen molar-refractivity contribution in [2.75, 3.05) is 6.61 Å². The molecule has 1 atom stereocenters. The van der Waals surface area contributed by atoms with Crippen LogP contribution in [0.15, 0.2) is 18.2 Å². The lowest BCUT2D eigenvalue weighted by Crippen LogP contribution is -2.33. The lowest BCUT2D eigenvalue weighted by Gasteiger charge is -2.24. The molecule has 1 aromatic rings. The molecule has 0 saturated heterocycles. The Hall–Kier alpha value is -1.36. The summed E-state index contributed by atoms with van der Waals surface area (Å²) in [7, 11) is 0. The molecule has 0 aromatic heterocycles. The summed E-state index contributed by atoms with van der Waals surface area (Å²) in [5, 5.41) is 0.364. The van der Waals surface area contributed by atoms with E-state index in [0.717, 1.165) is 18.9 Å². The molecule has 0 bridgehead atoms. The van der Waals surface area contributed by atoms with E-state index in [-0.39, 0.29) is 5.75 Å². The maximum Gasteiger partial charge on any atom is 0.429 e. The number of rotatable bonds is 5. The van der Waals surface area contributed by atoms with Crippen LogP contribution in [0.25, 0.3) is 6.08 Å². The van der Waals surface area contributed by atoms with Crippen molar-refractivity contribution in [3.63, 3.8) is 0 Å². The SMILES string of the molecule is CCC(CC)COc1cc2c(cc1Cl)C=CC(C(F)(F)F)O2. The molecule has 2 rings (SSSR count). The van der Waals surface area contributed by atoms with Gasteiger partial charge in [-0.15, -0.1) is 0 Å². The highest BCUT2D eigenvalue weighted by Crippen LogP contribution is 2.39. The van der Waals surface area contributed by atoms with Gasteiger partial charge in [-0.05, 0) is 18.1 Å². The van der Waals surface area contributed by atoms with Crippen LogP contribution < -0.4 is 9.47 Å². The molecule has 6 heteroatoms. The quantitative estimate of drug-likeness (QED) is 0.708. The van der Waals surface area contributed by atoms with Gasteiger partial charge in [0.1, 0.15) is 11.5 Å². The molecule has 0 spiro atoms. The topological polar surface area (TPSA) is 18.5 Å². The summed E-state index contributed by atoms with van der Waals surface area (Å²) in [6.07, 6.45) is -2.10. The van der Waals surface area contributed by atoms with Crippen LogP contribution in [0.1, 0.15) is 32.3 Å². The van der Waals surface area contributed by atoms with E-state index in [0.29, 0.717) is 28.9 Å². The van der Waals surface area contributed by atoms with E-state index in [2.05, 4.69) is 13.8 Å². The van der Waals surface area contributed by atoms with Crippen LogP contribution >= 0.6 is 11.6 Å². The number of ether oxygens (including phenoxy) is 2. The molecule has 0 saturated carbocycles. The van der Waals surface area contributed by atoms with Gasteiger partial charge in [0.15, 0.2) is 0 Å². The fraction of sp³-hybridized carbons (Fsp3) is 0.500. The van der Waals surface area contributed by atoms with Crippen molar-refractivity contribution < 1.29 is 22.6 Å². The van der Waals surface area contributed by atoms with Gasteiger partial charge >= 0.3 is 6.18 Å². The minimum atomic E-state index is -4.44. The zero-order chi connectivity index (χ0) is 16.3.